The van der Waals surface area contributed by atoms with Crippen molar-refractivity contribution in [3.05, 3.63) is 23.5 Å². The number of nitrogens with one attached hydrogen (secondary N) is 1. The van der Waals surface area contributed by atoms with E-state index in [-0.39, 0.29) is 22.9 Å². The van der Waals surface area contributed by atoms with Gasteiger partial charge in [0.1, 0.15) is 11.3 Å². The molecule has 0 saturated carbocycles. The lowest BCUT2D eigenvalue weighted by molar-refractivity contribution is 0.444. The van der Waals surface area contributed by atoms with Gasteiger partial charge in [0.05, 0.1) is 11.8 Å². The van der Waals surface area contributed by atoms with Crippen molar-refractivity contribution in [1.82, 2.24) is 19.6 Å². The van der Waals surface area contributed by atoms with Gasteiger partial charge in [-0.1, -0.05) is 6.92 Å². The fraction of sp³-hybridized carbons (Fsp3) is 0.400. The second kappa shape index (κ2) is 6.31. The van der Waals surface area contributed by atoms with Gasteiger partial charge >= 0.3 is 10.1 Å². The predicted octanol–water partition coefficient (Wildman–Crippen LogP) is 2.28. The van der Waals surface area contributed by atoms with Crippen molar-refractivity contribution in [2.45, 2.75) is 33.2 Å². The Labute approximate surface area is 148 Å². The molecule has 2 aromatic heterocycles. The summed E-state index contributed by atoms with van der Waals surface area (Å²) in [6.07, 6.45) is 1.20. The summed E-state index contributed by atoms with van der Waals surface area (Å²) in [5.74, 6) is -2.76. The summed E-state index contributed by atoms with van der Waals surface area (Å²) < 4.78 is 57.7. The SMILES string of the molecule is CCc1nnc2c(NC(C)C)nc3c(OS(C)(=O)=O)c(F)c(F)cc3n12. The number of hydrogen-bond acceptors (Lipinski definition) is 7. The van der Waals surface area contributed by atoms with Gasteiger partial charge in [0.25, 0.3) is 0 Å². The molecular formula is C15H17F2N5O3S. The van der Waals surface area contributed by atoms with Crippen LogP contribution in [-0.2, 0) is 16.5 Å². The average Bonchev–Trinajstić information content (AvgIpc) is 2.96. The molecule has 0 aliphatic heterocycles. The highest BCUT2D eigenvalue weighted by molar-refractivity contribution is 7.86. The molecule has 8 nitrogen and oxygen atoms in total. The van der Waals surface area contributed by atoms with Gasteiger partial charge in [-0.05, 0) is 13.8 Å². The normalized spacial score (nSPS) is 12.3. The summed E-state index contributed by atoms with van der Waals surface area (Å²) >= 11 is 0. The Hall–Kier alpha value is -2.56. The van der Waals surface area contributed by atoms with E-state index in [4.69, 9.17) is 4.18 Å². The number of aryl methyl sites for hydroxylation is 1. The highest BCUT2D eigenvalue weighted by Gasteiger charge is 2.24. The van der Waals surface area contributed by atoms with E-state index in [1.54, 1.807) is 0 Å². The highest BCUT2D eigenvalue weighted by atomic mass is 32.2. The molecule has 140 valence electrons. The molecular weight excluding hydrogens is 368 g/mol. The first-order chi connectivity index (χ1) is 12.1. The molecule has 0 unspecified atom stereocenters. The Morgan fingerprint density at radius 3 is 2.58 bits per heavy atom. The molecule has 2 heterocycles. The van der Waals surface area contributed by atoms with Crippen LogP contribution in [0.25, 0.3) is 16.7 Å². The van der Waals surface area contributed by atoms with E-state index in [2.05, 4.69) is 20.5 Å². The fourth-order valence-electron chi connectivity index (χ4n) is 2.57. The molecule has 0 spiro atoms. The summed E-state index contributed by atoms with van der Waals surface area (Å²) in [7, 11) is -4.11. The van der Waals surface area contributed by atoms with E-state index >= 15 is 0 Å². The molecule has 0 aliphatic rings. The van der Waals surface area contributed by atoms with Gasteiger partial charge in [0.15, 0.2) is 11.6 Å². The molecule has 1 N–H and O–H groups in total. The van der Waals surface area contributed by atoms with Crippen molar-refractivity contribution in [3.63, 3.8) is 0 Å². The van der Waals surface area contributed by atoms with Gasteiger partial charge in [0.2, 0.25) is 17.2 Å². The van der Waals surface area contributed by atoms with E-state index < -0.39 is 27.5 Å². The largest absolute Gasteiger partial charge is 0.377 e. The van der Waals surface area contributed by atoms with E-state index in [1.807, 2.05) is 20.8 Å². The van der Waals surface area contributed by atoms with E-state index in [1.165, 1.54) is 4.40 Å². The minimum Gasteiger partial charge on any atom is -0.377 e. The van der Waals surface area contributed by atoms with E-state index in [0.717, 1.165) is 12.3 Å². The monoisotopic (exact) mass is 385 g/mol. The van der Waals surface area contributed by atoms with E-state index in [9.17, 15) is 17.2 Å². The summed E-state index contributed by atoms with van der Waals surface area (Å²) in [5, 5.41) is 11.2. The van der Waals surface area contributed by atoms with Crippen LogP contribution >= 0.6 is 0 Å². The highest BCUT2D eigenvalue weighted by Crippen LogP contribution is 2.33. The predicted molar refractivity (Wildman–Crippen MR) is 91.8 cm³/mol. The lowest BCUT2D eigenvalue weighted by atomic mass is 10.2. The zero-order valence-electron chi connectivity index (χ0n) is 14.5. The number of anilines is 1. The van der Waals surface area contributed by atoms with Crippen LogP contribution in [0.4, 0.5) is 14.6 Å². The van der Waals surface area contributed by atoms with Crippen LogP contribution in [0.2, 0.25) is 0 Å². The second-order valence-electron chi connectivity index (χ2n) is 6.04. The molecule has 0 amide bonds. The first-order valence-corrected chi connectivity index (χ1v) is 9.65. The summed E-state index contributed by atoms with van der Waals surface area (Å²) in [6.45, 7) is 5.54. The maximum Gasteiger partial charge on any atom is 0.306 e. The van der Waals surface area contributed by atoms with Gasteiger partial charge in [-0.15, -0.1) is 10.2 Å². The van der Waals surface area contributed by atoms with Crippen molar-refractivity contribution in [3.8, 4) is 5.75 Å². The fourth-order valence-corrected chi connectivity index (χ4v) is 3.03. The second-order valence-corrected chi connectivity index (χ2v) is 7.62. The summed E-state index contributed by atoms with van der Waals surface area (Å²) in [5.41, 5.74) is 0.271. The first-order valence-electron chi connectivity index (χ1n) is 7.84. The Bertz CT molecular complexity index is 1110. The third-order valence-corrected chi connectivity index (χ3v) is 3.98. The Balaban J connectivity index is 2.49. The molecule has 1 aromatic carbocycles. The third-order valence-electron chi connectivity index (χ3n) is 3.51. The maximum absolute atomic E-state index is 14.3. The van der Waals surface area contributed by atoms with Crippen LogP contribution < -0.4 is 9.50 Å². The van der Waals surface area contributed by atoms with Crippen molar-refractivity contribution in [1.29, 1.82) is 0 Å². The molecule has 0 fully saturated rings. The molecule has 11 heteroatoms. The zero-order valence-corrected chi connectivity index (χ0v) is 15.4. The smallest absolute Gasteiger partial charge is 0.306 e. The van der Waals surface area contributed by atoms with Crippen LogP contribution in [0.1, 0.15) is 26.6 Å². The van der Waals surface area contributed by atoms with Crippen LogP contribution in [0.3, 0.4) is 0 Å². The minimum atomic E-state index is -4.11. The summed E-state index contributed by atoms with van der Waals surface area (Å²) in [4.78, 5) is 4.25. The molecule has 0 radical (unpaired) electrons. The lowest BCUT2D eigenvalue weighted by Gasteiger charge is -2.14. The molecule has 0 bridgehead atoms. The lowest BCUT2D eigenvalue weighted by Crippen LogP contribution is -2.14. The average molecular weight is 385 g/mol. The standard InChI is InChI=1S/C15H17F2N5O3S/c1-5-10-20-21-15-14(18-7(2)3)19-12-9(22(10)15)6-8(16)11(17)13(12)25-26(4,23)24/h6-7H,5H2,1-4H3,(H,18,19). The molecule has 26 heavy (non-hydrogen) atoms. The number of benzene rings is 1. The Kier molecular flexibility index (Phi) is 4.42. The number of fused-ring (bicyclic) bond motifs is 3. The van der Waals surface area contributed by atoms with Gasteiger partial charge in [-0.3, -0.25) is 4.40 Å². The summed E-state index contributed by atoms with van der Waals surface area (Å²) in [6, 6.07) is 0.872. The number of hydrogen-bond donors (Lipinski definition) is 1. The van der Waals surface area contributed by atoms with Crippen LogP contribution in [0.5, 0.6) is 5.75 Å². The van der Waals surface area contributed by atoms with E-state index in [0.29, 0.717) is 17.9 Å². The Morgan fingerprint density at radius 2 is 2.00 bits per heavy atom. The molecule has 0 atom stereocenters. The number of halogens is 2. The quantitative estimate of drug-likeness (QED) is 0.673. The number of rotatable bonds is 5. The van der Waals surface area contributed by atoms with Gasteiger partial charge in [-0.25, -0.2) is 9.37 Å². The van der Waals surface area contributed by atoms with Crippen LogP contribution in [0.15, 0.2) is 6.07 Å². The zero-order chi connectivity index (χ0) is 19.2. The van der Waals surface area contributed by atoms with Crippen LogP contribution in [-0.4, -0.2) is 40.3 Å². The first kappa shape index (κ1) is 18.2. The molecule has 3 rings (SSSR count). The molecule has 0 aliphatic carbocycles. The topological polar surface area (TPSA) is 98.5 Å². The third kappa shape index (κ3) is 3.14. The van der Waals surface area contributed by atoms with Gasteiger partial charge in [0, 0.05) is 18.5 Å². The molecule has 3 aromatic rings. The van der Waals surface area contributed by atoms with Crippen LogP contribution in [0, 0.1) is 11.6 Å². The van der Waals surface area contributed by atoms with Crippen molar-refractivity contribution in [2.75, 3.05) is 11.6 Å². The number of nitrogens with zero attached hydrogens (tertiary/aromatic N) is 4. The Morgan fingerprint density at radius 1 is 1.31 bits per heavy atom. The van der Waals surface area contributed by atoms with Crippen molar-refractivity contribution >= 4 is 32.6 Å². The van der Waals surface area contributed by atoms with Gasteiger partial charge in [-0.2, -0.15) is 12.8 Å². The minimum absolute atomic E-state index is 0.0462. The maximum atomic E-state index is 14.3. The number of aromatic nitrogens is 4. The van der Waals surface area contributed by atoms with Gasteiger partial charge < -0.3 is 9.50 Å². The molecule has 0 saturated heterocycles. The van der Waals surface area contributed by atoms with Crippen molar-refractivity contribution < 1.29 is 21.4 Å². The van der Waals surface area contributed by atoms with Crippen molar-refractivity contribution in [2.24, 2.45) is 0 Å².